The largest absolute Gasteiger partial charge is 0.457 e. The van der Waals surface area contributed by atoms with Crippen LogP contribution in [0.2, 0.25) is 0 Å². The standard InChI is InChI=1S/C27H18FN3O4/c28-20-12-6-11-19-23(17-8-2-1-3-9-17)25(30-24(19)20)26(32)31-29-16-18-10-4-5-13-21(18)35-27(33)22-14-7-15-34-22/h1-16,30H,(H,31,32). The molecule has 0 aliphatic heterocycles. The highest BCUT2D eigenvalue weighted by Crippen LogP contribution is 2.33. The number of nitrogens with one attached hydrogen (secondary N) is 2. The smallest absolute Gasteiger partial charge is 0.379 e. The van der Waals surface area contributed by atoms with Crippen molar-refractivity contribution in [2.24, 2.45) is 5.10 Å². The molecule has 2 aromatic heterocycles. The highest BCUT2D eigenvalue weighted by atomic mass is 19.1. The first kappa shape index (κ1) is 21.8. The molecule has 0 radical (unpaired) electrons. The molecule has 2 heterocycles. The molecule has 8 heteroatoms. The number of hydrogen-bond donors (Lipinski definition) is 2. The van der Waals surface area contributed by atoms with Crippen LogP contribution in [-0.2, 0) is 0 Å². The molecule has 1 amide bonds. The van der Waals surface area contributed by atoms with Gasteiger partial charge in [0.05, 0.1) is 18.0 Å². The lowest BCUT2D eigenvalue weighted by atomic mass is 10.0. The van der Waals surface area contributed by atoms with Crippen LogP contribution in [0.5, 0.6) is 5.75 Å². The number of benzene rings is 3. The third-order valence-electron chi connectivity index (χ3n) is 5.29. The summed E-state index contributed by atoms with van der Waals surface area (Å²) in [7, 11) is 0. The number of H-pyrrole nitrogens is 1. The molecule has 0 bridgehead atoms. The first-order valence-electron chi connectivity index (χ1n) is 10.7. The van der Waals surface area contributed by atoms with Crippen LogP contribution in [0.15, 0.2) is 101 Å². The highest BCUT2D eigenvalue weighted by Gasteiger charge is 2.20. The zero-order valence-electron chi connectivity index (χ0n) is 18.2. The molecular weight excluding hydrogens is 449 g/mol. The van der Waals surface area contributed by atoms with Gasteiger partial charge in [-0.25, -0.2) is 14.6 Å². The van der Waals surface area contributed by atoms with Crippen LogP contribution in [0.4, 0.5) is 4.39 Å². The molecule has 0 saturated carbocycles. The summed E-state index contributed by atoms with van der Waals surface area (Å²) in [6.45, 7) is 0. The fourth-order valence-electron chi connectivity index (χ4n) is 3.70. The van der Waals surface area contributed by atoms with Gasteiger partial charge in [0, 0.05) is 16.5 Å². The number of carbonyl (C=O) groups excluding carboxylic acids is 2. The Morgan fingerprint density at radius 2 is 1.74 bits per heavy atom. The average molecular weight is 467 g/mol. The van der Waals surface area contributed by atoms with Crippen LogP contribution in [0.1, 0.15) is 26.6 Å². The second kappa shape index (κ2) is 9.48. The molecule has 0 atom stereocenters. The lowest BCUT2D eigenvalue weighted by molar-refractivity contribution is 0.0701. The van der Waals surface area contributed by atoms with Crippen LogP contribution in [0.3, 0.4) is 0 Å². The minimum atomic E-state index is -0.660. The lowest BCUT2D eigenvalue weighted by Crippen LogP contribution is -2.19. The fraction of sp³-hybridized carbons (Fsp3) is 0. The summed E-state index contributed by atoms with van der Waals surface area (Å²) in [5.74, 6) is -1.38. The fourth-order valence-corrected chi connectivity index (χ4v) is 3.70. The van der Waals surface area contributed by atoms with Gasteiger partial charge in [0.2, 0.25) is 5.76 Å². The van der Waals surface area contributed by atoms with Crippen LogP contribution in [0, 0.1) is 5.82 Å². The number of para-hydroxylation sites is 2. The van der Waals surface area contributed by atoms with Crippen LogP contribution in [0.25, 0.3) is 22.0 Å². The number of aromatic nitrogens is 1. The van der Waals surface area contributed by atoms with Crippen molar-refractivity contribution in [3.05, 3.63) is 114 Å². The van der Waals surface area contributed by atoms with Crippen molar-refractivity contribution in [2.75, 3.05) is 0 Å². The number of esters is 1. The van der Waals surface area contributed by atoms with Crippen LogP contribution >= 0.6 is 0 Å². The molecule has 2 N–H and O–H groups in total. The summed E-state index contributed by atoms with van der Waals surface area (Å²) >= 11 is 0. The monoisotopic (exact) mass is 467 g/mol. The van der Waals surface area contributed by atoms with Gasteiger partial charge in [0.25, 0.3) is 5.91 Å². The Morgan fingerprint density at radius 1 is 0.943 bits per heavy atom. The van der Waals surface area contributed by atoms with Gasteiger partial charge in [0.1, 0.15) is 17.3 Å². The maximum Gasteiger partial charge on any atom is 0.379 e. The van der Waals surface area contributed by atoms with Gasteiger partial charge in [-0.2, -0.15) is 5.10 Å². The van der Waals surface area contributed by atoms with Crippen molar-refractivity contribution in [2.45, 2.75) is 0 Å². The quantitative estimate of drug-likeness (QED) is 0.148. The predicted molar refractivity (Wildman–Crippen MR) is 129 cm³/mol. The van der Waals surface area contributed by atoms with Crippen molar-refractivity contribution in [1.82, 2.24) is 10.4 Å². The van der Waals surface area contributed by atoms with Crippen molar-refractivity contribution in [1.29, 1.82) is 0 Å². The van der Waals surface area contributed by atoms with Crippen molar-refractivity contribution in [3.63, 3.8) is 0 Å². The number of amides is 1. The van der Waals surface area contributed by atoms with E-state index in [9.17, 15) is 14.0 Å². The number of ether oxygens (including phenoxy) is 1. The predicted octanol–water partition coefficient (Wildman–Crippen LogP) is 5.55. The molecule has 7 nitrogen and oxygen atoms in total. The van der Waals surface area contributed by atoms with Gasteiger partial charge < -0.3 is 14.1 Å². The number of furan rings is 1. The van der Waals surface area contributed by atoms with E-state index in [2.05, 4.69) is 15.5 Å². The summed E-state index contributed by atoms with van der Waals surface area (Å²) in [6.07, 6.45) is 2.73. The maximum atomic E-state index is 14.4. The number of rotatable bonds is 6. The van der Waals surface area contributed by atoms with E-state index < -0.39 is 17.7 Å². The van der Waals surface area contributed by atoms with E-state index in [1.54, 1.807) is 42.5 Å². The number of aromatic amines is 1. The Hall–Kier alpha value is -4.98. The number of carbonyl (C=O) groups is 2. The van der Waals surface area contributed by atoms with Gasteiger partial charge in [-0.3, -0.25) is 4.79 Å². The molecule has 35 heavy (non-hydrogen) atoms. The Kier molecular flexibility index (Phi) is 5.92. The van der Waals surface area contributed by atoms with E-state index in [0.717, 1.165) is 5.56 Å². The molecule has 3 aromatic carbocycles. The number of fused-ring (bicyclic) bond motifs is 1. The second-order valence-corrected chi connectivity index (χ2v) is 7.51. The van der Waals surface area contributed by atoms with E-state index in [1.807, 2.05) is 30.3 Å². The minimum Gasteiger partial charge on any atom is -0.457 e. The topological polar surface area (TPSA) is 96.7 Å². The third-order valence-corrected chi connectivity index (χ3v) is 5.29. The van der Waals surface area contributed by atoms with Crippen molar-refractivity contribution < 1.29 is 23.1 Å². The summed E-state index contributed by atoms with van der Waals surface area (Å²) in [6, 6.07) is 23.7. The molecule has 0 aliphatic carbocycles. The Labute approximate surface area is 198 Å². The number of nitrogens with zero attached hydrogens (tertiary/aromatic N) is 1. The van der Waals surface area contributed by atoms with Gasteiger partial charge >= 0.3 is 5.97 Å². The van der Waals surface area contributed by atoms with Crippen LogP contribution in [-0.4, -0.2) is 23.1 Å². The summed E-state index contributed by atoms with van der Waals surface area (Å²) in [4.78, 5) is 28.2. The van der Waals surface area contributed by atoms with E-state index in [0.29, 0.717) is 16.5 Å². The van der Waals surface area contributed by atoms with Crippen molar-refractivity contribution >= 4 is 29.0 Å². The normalized spacial score (nSPS) is 11.1. The Morgan fingerprint density at radius 3 is 2.54 bits per heavy atom. The summed E-state index contributed by atoms with van der Waals surface area (Å²) in [5.41, 5.74) is 4.65. The van der Waals surface area contributed by atoms with Gasteiger partial charge in [-0.05, 0) is 35.9 Å². The van der Waals surface area contributed by atoms with Crippen molar-refractivity contribution in [3.8, 4) is 16.9 Å². The zero-order chi connectivity index (χ0) is 24.2. The van der Waals surface area contributed by atoms with Gasteiger partial charge in [-0.15, -0.1) is 0 Å². The van der Waals surface area contributed by atoms with Crippen LogP contribution < -0.4 is 10.2 Å². The lowest BCUT2D eigenvalue weighted by Gasteiger charge is -2.06. The molecule has 172 valence electrons. The molecule has 0 aliphatic rings. The number of hydrazone groups is 1. The minimum absolute atomic E-state index is 0.0597. The summed E-state index contributed by atoms with van der Waals surface area (Å²) in [5, 5.41) is 4.61. The maximum absolute atomic E-state index is 14.4. The molecule has 0 saturated heterocycles. The number of hydrogen-bond acceptors (Lipinski definition) is 5. The SMILES string of the molecule is O=C(Oc1ccccc1C=NNC(=O)c1[nH]c2c(F)cccc2c1-c1ccccc1)c1ccco1. The van der Waals surface area contributed by atoms with E-state index in [1.165, 1.54) is 24.6 Å². The third kappa shape index (κ3) is 4.45. The molecule has 0 fully saturated rings. The van der Waals surface area contributed by atoms with E-state index in [-0.39, 0.29) is 22.7 Å². The first-order valence-corrected chi connectivity index (χ1v) is 10.7. The molecular formula is C27H18FN3O4. The highest BCUT2D eigenvalue weighted by molar-refractivity contribution is 6.10. The molecule has 5 rings (SSSR count). The second-order valence-electron chi connectivity index (χ2n) is 7.51. The Balaban J connectivity index is 1.41. The molecule has 5 aromatic rings. The Bertz CT molecular complexity index is 1540. The zero-order valence-corrected chi connectivity index (χ0v) is 18.2. The van der Waals surface area contributed by atoms with Gasteiger partial charge in [-0.1, -0.05) is 54.6 Å². The molecule has 0 unspecified atom stereocenters. The first-order chi connectivity index (χ1) is 17.1. The molecule has 0 spiro atoms. The average Bonchev–Trinajstić information content (AvgIpc) is 3.55. The number of halogens is 1. The van der Waals surface area contributed by atoms with E-state index in [4.69, 9.17) is 9.15 Å². The summed E-state index contributed by atoms with van der Waals surface area (Å²) < 4.78 is 24.9. The van der Waals surface area contributed by atoms with Gasteiger partial charge in [0.15, 0.2) is 0 Å². The van der Waals surface area contributed by atoms with E-state index >= 15 is 0 Å².